The van der Waals surface area contributed by atoms with Crippen molar-refractivity contribution in [2.24, 2.45) is 0 Å². The molecule has 0 fully saturated rings. The molecule has 0 aromatic heterocycles. The summed E-state index contributed by atoms with van der Waals surface area (Å²) in [6.45, 7) is 3.91. The van der Waals surface area contributed by atoms with Crippen LogP contribution in [0.3, 0.4) is 0 Å². The van der Waals surface area contributed by atoms with E-state index in [1.807, 2.05) is 44.2 Å². The van der Waals surface area contributed by atoms with Crippen molar-refractivity contribution >= 4 is 23.0 Å². The quantitative estimate of drug-likeness (QED) is 0.475. The number of anilines is 3. The molecule has 7 nitrogen and oxygen atoms in total. The summed E-state index contributed by atoms with van der Waals surface area (Å²) in [7, 11) is 3.04. The fraction of sp³-hybridized carbons (Fsp3) is 0.167. The number of carbonyl (C=O) groups excluding carboxylic acids is 1. The Balaban J connectivity index is 1.84. The molecule has 0 saturated carbocycles. The van der Waals surface area contributed by atoms with Gasteiger partial charge in [0.25, 0.3) is 5.91 Å². The number of nitriles is 1. The maximum atomic E-state index is 12.6. The van der Waals surface area contributed by atoms with Crippen LogP contribution in [0.15, 0.2) is 54.6 Å². The zero-order chi connectivity index (χ0) is 22.4. The number of carbonyl (C=O) groups is 1. The lowest BCUT2D eigenvalue weighted by Gasteiger charge is -2.18. The lowest BCUT2D eigenvalue weighted by molar-refractivity contribution is 0.102. The predicted molar refractivity (Wildman–Crippen MR) is 122 cm³/mol. The SMILES string of the molecule is COc1cc(NNc2cc(NC(=O)c3ccccc3)c(C)cc2C)c(OC)cc1C#N. The number of nitrogens with one attached hydrogen (secondary N) is 3. The Bertz CT molecular complexity index is 1140. The van der Waals surface area contributed by atoms with Crippen molar-refractivity contribution in [2.45, 2.75) is 13.8 Å². The minimum absolute atomic E-state index is 0.176. The Morgan fingerprint density at radius 1 is 0.839 bits per heavy atom. The van der Waals surface area contributed by atoms with E-state index in [-0.39, 0.29) is 5.91 Å². The second-order valence-corrected chi connectivity index (χ2v) is 6.92. The topological polar surface area (TPSA) is 95.4 Å². The van der Waals surface area contributed by atoms with Crippen LogP contribution in [0.25, 0.3) is 0 Å². The summed E-state index contributed by atoms with van der Waals surface area (Å²) in [5.41, 5.74) is 11.2. The van der Waals surface area contributed by atoms with Crippen molar-refractivity contribution in [3.8, 4) is 17.6 Å². The van der Waals surface area contributed by atoms with Crippen LogP contribution in [0.5, 0.6) is 11.5 Å². The average Bonchev–Trinajstić information content (AvgIpc) is 2.79. The van der Waals surface area contributed by atoms with Crippen molar-refractivity contribution in [2.75, 3.05) is 30.4 Å². The zero-order valence-electron chi connectivity index (χ0n) is 17.9. The minimum atomic E-state index is -0.176. The Kier molecular flexibility index (Phi) is 6.63. The van der Waals surface area contributed by atoms with Crippen molar-refractivity contribution in [3.05, 3.63) is 76.9 Å². The molecule has 3 rings (SSSR count). The average molecular weight is 416 g/mol. The summed E-state index contributed by atoms with van der Waals surface area (Å²) in [6, 6.07) is 18.3. The summed E-state index contributed by atoms with van der Waals surface area (Å²) >= 11 is 0. The number of methoxy groups -OCH3 is 2. The Hall–Kier alpha value is -4.18. The summed E-state index contributed by atoms with van der Waals surface area (Å²) in [4.78, 5) is 12.6. The number of nitrogens with zero attached hydrogens (tertiary/aromatic N) is 1. The molecule has 0 aliphatic carbocycles. The van der Waals surface area contributed by atoms with E-state index in [0.717, 1.165) is 16.8 Å². The summed E-state index contributed by atoms with van der Waals surface area (Å²) < 4.78 is 10.7. The number of benzene rings is 3. The van der Waals surface area contributed by atoms with Gasteiger partial charge in [0.1, 0.15) is 17.6 Å². The third kappa shape index (κ3) is 4.87. The number of ether oxygens (including phenoxy) is 2. The van der Waals surface area contributed by atoms with E-state index in [1.54, 1.807) is 24.3 Å². The third-order valence-corrected chi connectivity index (χ3v) is 4.83. The van der Waals surface area contributed by atoms with E-state index in [4.69, 9.17) is 9.47 Å². The van der Waals surface area contributed by atoms with Crippen LogP contribution in [-0.2, 0) is 0 Å². The van der Waals surface area contributed by atoms with E-state index in [0.29, 0.717) is 34.0 Å². The molecule has 158 valence electrons. The Labute approximate surface area is 181 Å². The van der Waals surface area contributed by atoms with Gasteiger partial charge in [0.2, 0.25) is 0 Å². The molecule has 0 aliphatic heterocycles. The van der Waals surface area contributed by atoms with Crippen LogP contribution < -0.4 is 25.6 Å². The van der Waals surface area contributed by atoms with E-state index in [2.05, 4.69) is 22.2 Å². The number of rotatable bonds is 7. The monoisotopic (exact) mass is 416 g/mol. The van der Waals surface area contributed by atoms with Gasteiger partial charge in [-0.1, -0.05) is 24.3 Å². The number of hydrogen-bond acceptors (Lipinski definition) is 6. The highest BCUT2D eigenvalue weighted by molar-refractivity contribution is 6.04. The van der Waals surface area contributed by atoms with Gasteiger partial charge in [-0.15, -0.1) is 0 Å². The lowest BCUT2D eigenvalue weighted by Crippen LogP contribution is -2.15. The molecule has 0 spiro atoms. The number of hydrogen-bond donors (Lipinski definition) is 3. The van der Waals surface area contributed by atoms with Gasteiger partial charge < -0.3 is 20.2 Å². The van der Waals surface area contributed by atoms with Crippen LogP contribution in [0.1, 0.15) is 27.0 Å². The first-order valence-electron chi connectivity index (χ1n) is 9.62. The maximum Gasteiger partial charge on any atom is 0.255 e. The zero-order valence-corrected chi connectivity index (χ0v) is 17.9. The molecule has 0 saturated heterocycles. The standard InChI is InChI=1S/C24H24N4O3/c1-15-10-16(2)20(12-19(15)26-24(29)17-8-6-5-7-9-17)27-28-21-13-22(30-3)18(14-25)11-23(21)31-4/h5-13,27-28H,1-4H3,(H,26,29). The second kappa shape index (κ2) is 9.55. The van der Waals surface area contributed by atoms with Gasteiger partial charge >= 0.3 is 0 Å². The highest BCUT2D eigenvalue weighted by Crippen LogP contribution is 2.33. The number of hydrazine groups is 1. The van der Waals surface area contributed by atoms with Crippen molar-refractivity contribution in [1.82, 2.24) is 0 Å². The molecule has 0 bridgehead atoms. The molecule has 1 amide bonds. The highest BCUT2D eigenvalue weighted by Gasteiger charge is 2.13. The molecular weight excluding hydrogens is 392 g/mol. The predicted octanol–water partition coefficient (Wildman–Crippen LogP) is 4.88. The van der Waals surface area contributed by atoms with Crippen LogP contribution in [0.4, 0.5) is 17.1 Å². The summed E-state index contributed by atoms with van der Waals surface area (Å²) in [5.74, 6) is 0.751. The van der Waals surface area contributed by atoms with Gasteiger partial charge in [-0.3, -0.25) is 10.2 Å². The van der Waals surface area contributed by atoms with E-state index >= 15 is 0 Å². The highest BCUT2D eigenvalue weighted by atomic mass is 16.5. The normalized spacial score (nSPS) is 10.0. The van der Waals surface area contributed by atoms with Gasteiger partial charge in [0, 0.05) is 23.4 Å². The van der Waals surface area contributed by atoms with Gasteiger partial charge in [-0.25, -0.2) is 0 Å². The molecular formula is C24H24N4O3. The van der Waals surface area contributed by atoms with Crippen molar-refractivity contribution < 1.29 is 14.3 Å². The molecule has 3 aromatic rings. The van der Waals surface area contributed by atoms with Crippen molar-refractivity contribution in [1.29, 1.82) is 5.26 Å². The number of amides is 1. The Morgan fingerprint density at radius 3 is 2.13 bits per heavy atom. The molecule has 0 atom stereocenters. The first-order valence-corrected chi connectivity index (χ1v) is 9.62. The summed E-state index contributed by atoms with van der Waals surface area (Å²) in [6.07, 6.45) is 0. The molecule has 0 radical (unpaired) electrons. The van der Waals surface area contributed by atoms with Crippen LogP contribution in [0, 0.1) is 25.2 Å². The molecule has 3 N–H and O–H groups in total. The van der Waals surface area contributed by atoms with Crippen LogP contribution >= 0.6 is 0 Å². The maximum absolute atomic E-state index is 12.6. The van der Waals surface area contributed by atoms with E-state index in [9.17, 15) is 10.1 Å². The van der Waals surface area contributed by atoms with E-state index < -0.39 is 0 Å². The molecule has 0 aliphatic rings. The van der Waals surface area contributed by atoms with Crippen LogP contribution in [0.2, 0.25) is 0 Å². The van der Waals surface area contributed by atoms with Crippen LogP contribution in [-0.4, -0.2) is 20.1 Å². The van der Waals surface area contributed by atoms with E-state index in [1.165, 1.54) is 14.2 Å². The lowest BCUT2D eigenvalue weighted by atomic mass is 10.1. The molecule has 31 heavy (non-hydrogen) atoms. The smallest absolute Gasteiger partial charge is 0.255 e. The van der Waals surface area contributed by atoms with Crippen molar-refractivity contribution in [3.63, 3.8) is 0 Å². The second-order valence-electron chi connectivity index (χ2n) is 6.92. The largest absolute Gasteiger partial charge is 0.495 e. The molecule has 3 aromatic carbocycles. The van der Waals surface area contributed by atoms with Gasteiger partial charge in [-0.2, -0.15) is 5.26 Å². The fourth-order valence-electron chi connectivity index (χ4n) is 3.12. The van der Waals surface area contributed by atoms with Gasteiger partial charge in [0.05, 0.1) is 31.2 Å². The minimum Gasteiger partial charge on any atom is -0.495 e. The Morgan fingerprint density at radius 2 is 1.48 bits per heavy atom. The molecule has 7 heteroatoms. The first kappa shape index (κ1) is 21.5. The molecule has 0 unspecified atom stereocenters. The first-order chi connectivity index (χ1) is 15.0. The summed E-state index contributed by atoms with van der Waals surface area (Å²) in [5, 5.41) is 12.2. The van der Waals surface area contributed by atoms with Gasteiger partial charge in [0.15, 0.2) is 0 Å². The number of aryl methyl sites for hydroxylation is 2. The van der Waals surface area contributed by atoms with Gasteiger partial charge in [-0.05, 0) is 43.2 Å². The fourth-order valence-corrected chi connectivity index (χ4v) is 3.12. The molecule has 0 heterocycles. The third-order valence-electron chi connectivity index (χ3n) is 4.83.